The molecule has 7 nitrogen and oxygen atoms in total. The van der Waals surface area contributed by atoms with E-state index in [9.17, 15) is 18.8 Å². The molecule has 2 heterocycles. The van der Waals surface area contributed by atoms with Crippen LogP contribution in [-0.2, 0) is 11.3 Å². The zero-order valence-electron chi connectivity index (χ0n) is 20.9. The van der Waals surface area contributed by atoms with Crippen LogP contribution in [0, 0.1) is 5.82 Å². The zero-order valence-corrected chi connectivity index (χ0v) is 21.6. The molecular formula is C29H25ClFN3O4. The number of ether oxygens (including phenoxy) is 1. The van der Waals surface area contributed by atoms with E-state index in [1.54, 1.807) is 48.5 Å². The summed E-state index contributed by atoms with van der Waals surface area (Å²) in [6.07, 6.45) is 0. The minimum absolute atomic E-state index is 0.0581. The fourth-order valence-electron chi connectivity index (χ4n) is 4.93. The number of hydrogen-bond donors (Lipinski definition) is 0. The molecule has 38 heavy (non-hydrogen) atoms. The van der Waals surface area contributed by atoms with Crippen molar-refractivity contribution < 1.29 is 23.5 Å². The summed E-state index contributed by atoms with van der Waals surface area (Å²) in [4.78, 5) is 43.2. The largest absolute Gasteiger partial charge is 0.476 e. The van der Waals surface area contributed by atoms with Crippen molar-refractivity contribution in [2.75, 3.05) is 18.2 Å². The number of amides is 2. The van der Waals surface area contributed by atoms with Gasteiger partial charge in [-0.15, -0.1) is 0 Å². The number of fused-ring (bicyclic) bond motifs is 1. The minimum Gasteiger partial charge on any atom is -0.476 e. The minimum atomic E-state index is -0.444. The molecule has 1 fully saturated rings. The molecule has 2 amide bonds. The first-order chi connectivity index (χ1) is 18.3. The number of imide groups is 1. The summed E-state index contributed by atoms with van der Waals surface area (Å²) in [5.74, 6) is 1.20. The van der Waals surface area contributed by atoms with Crippen LogP contribution in [0.2, 0.25) is 5.02 Å². The third kappa shape index (κ3) is 4.70. The summed E-state index contributed by atoms with van der Waals surface area (Å²) >= 11 is 6.23. The summed E-state index contributed by atoms with van der Waals surface area (Å²) in [5.41, 5.74) is 2.25. The van der Waals surface area contributed by atoms with E-state index in [1.807, 2.05) is 23.6 Å². The van der Waals surface area contributed by atoms with Gasteiger partial charge < -0.3 is 9.64 Å². The highest BCUT2D eigenvalue weighted by atomic mass is 35.5. The molecule has 5 rings (SSSR count). The molecule has 1 saturated heterocycles. The highest BCUT2D eigenvalue weighted by Crippen LogP contribution is 2.37. The van der Waals surface area contributed by atoms with Crippen LogP contribution in [-0.4, -0.2) is 52.9 Å². The van der Waals surface area contributed by atoms with E-state index < -0.39 is 11.8 Å². The lowest BCUT2D eigenvalue weighted by atomic mass is 10.0. The summed E-state index contributed by atoms with van der Waals surface area (Å²) in [6.45, 7) is 5.00. The molecule has 0 bridgehead atoms. The Morgan fingerprint density at radius 2 is 1.66 bits per heavy atom. The maximum Gasteiger partial charge on any atom is 0.266 e. The Balaban J connectivity index is 1.35. The van der Waals surface area contributed by atoms with E-state index in [2.05, 4.69) is 5.94 Å². The monoisotopic (exact) mass is 533 g/mol. The molecule has 194 valence electrons. The second-order valence-electron chi connectivity index (χ2n) is 9.41. The number of hydrogen-bond acceptors (Lipinski definition) is 6. The molecule has 0 aromatic heterocycles. The molecule has 0 spiro atoms. The fraction of sp³-hybridized carbons (Fsp3) is 0.241. The summed E-state index contributed by atoms with van der Waals surface area (Å²) < 4.78 is 19.5. The van der Waals surface area contributed by atoms with Crippen molar-refractivity contribution in [3.8, 4) is 5.75 Å². The van der Waals surface area contributed by atoms with Gasteiger partial charge in [0.25, 0.3) is 11.8 Å². The Bertz CT molecular complexity index is 1420. The number of piperazine rings is 1. The SMILES string of the molecule is C[C@@H]1CN(COc2ccc(Cl)cc2N2C(=O)c3ccccc3C2=O)[C@@H](C)C(=C=O)N1Cc1ccc(F)cc1. The van der Waals surface area contributed by atoms with Crippen LogP contribution in [0.3, 0.4) is 0 Å². The van der Waals surface area contributed by atoms with Gasteiger partial charge in [0, 0.05) is 24.2 Å². The second kappa shape index (κ2) is 10.4. The fourth-order valence-corrected chi connectivity index (χ4v) is 5.10. The first kappa shape index (κ1) is 25.7. The number of benzene rings is 3. The Kier molecular flexibility index (Phi) is 7.04. The van der Waals surface area contributed by atoms with Gasteiger partial charge in [-0.2, -0.15) is 0 Å². The molecule has 2 aliphatic rings. The number of nitrogens with zero attached hydrogens (tertiary/aromatic N) is 3. The molecule has 0 N–H and O–H groups in total. The topological polar surface area (TPSA) is 70.2 Å². The smallest absolute Gasteiger partial charge is 0.266 e. The van der Waals surface area contributed by atoms with Crippen molar-refractivity contribution in [2.24, 2.45) is 0 Å². The van der Waals surface area contributed by atoms with Crippen LogP contribution in [0.4, 0.5) is 10.1 Å². The molecule has 0 radical (unpaired) electrons. The summed E-state index contributed by atoms with van der Waals surface area (Å²) in [5, 5.41) is 0.353. The van der Waals surface area contributed by atoms with E-state index in [0.29, 0.717) is 40.7 Å². The van der Waals surface area contributed by atoms with E-state index in [4.69, 9.17) is 16.3 Å². The van der Waals surface area contributed by atoms with Crippen molar-refractivity contribution in [1.82, 2.24) is 9.80 Å². The lowest BCUT2D eigenvalue weighted by Gasteiger charge is -2.45. The third-order valence-corrected chi connectivity index (χ3v) is 7.23. The van der Waals surface area contributed by atoms with Gasteiger partial charge in [-0.1, -0.05) is 35.9 Å². The molecular weight excluding hydrogens is 509 g/mol. The van der Waals surface area contributed by atoms with Gasteiger partial charge in [-0.3, -0.25) is 14.5 Å². The average Bonchev–Trinajstić information content (AvgIpc) is 3.16. The highest BCUT2D eigenvalue weighted by molar-refractivity contribution is 6.36. The highest BCUT2D eigenvalue weighted by Gasteiger charge is 2.38. The molecule has 3 aromatic rings. The van der Waals surface area contributed by atoms with Gasteiger partial charge in [0.05, 0.1) is 22.9 Å². The van der Waals surface area contributed by atoms with Crippen molar-refractivity contribution in [2.45, 2.75) is 32.5 Å². The van der Waals surface area contributed by atoms with Crippen LogP contribution in [0.1, 0.15) is 40.1 Å². The number of carbonyl (C=O) groups excluding carboxylic acids is 3. The summed E-state index contributed by atoms with van der Waals surface area (Å²) in [7, 11) is 0. The maximum absolute atomic E-state index is 13.3. The van der Waals surface area contributed by atoms with Crippen LogP contribution in [0.25, 0.3) is 0 Å². The quantitative estimate of drug-likeness (QED) is 0.331. The zero-order chi connectivity index (χ0) is 27.0. The van der Waals surface area contributed by atoms with Crippen molar-refractivity contribution in [3.63, 3.8) is 0 Å². The van der Waals surface area contributed by atoms with Gasteiger partial charge in [0.1, 0.15) is 29.9 Å². The summed E-state index contributed by atoms with van der Waals surface area (Å²) in [6, 6.07) is 17.2. The van der Waals surface area contributed by atoms with Gasteiger partial charge in [-0.25, -0.2) is 14.1 Å². The third-order valence-electron chi connectivity index (χ3n) is 7.00. The number of anilines is 1. The van der Waals surface area contributed by atoms with Crippen molar-refractivity contribution in [3.05, 3.63) is 100.0 Å². The predicted octanol–water partition coefficient (Wildman–Crippen LogP) is 4.93. The first-order valence-corrected chi connectivity index (χ1v) is 12.6. The molecule has 0 unspecified atom stereocenters. The van der Waals surface area contributed by atoms with Crippen molar-refractivity contribution >= 4 is 35.0 Å². The van der Waals surface area contributed by atoms with Crippen LogP contribution in [0.15, 0.2) is 72.4 Å². The lowest BCUT2D eigenvalue weighted by molar-refractivity contribution is 0.0287. The molecule has 0 aliphatic carbocycles. The van der Waals surface area contributed by atoms with Crippen LogP contribution < -0.4 is 9.64 Å². The van der Waals surface area contributed by atoms with Gasteiger partial charge in [0.15, 0.2) is 0 Å². The first-order valence-electron chi connectivity index (χ1n) is 12.2. The van der Waals surface area contributed by atoms with E-state index in [1.165, 1.54) is 18.2 Å². The van der Waals surface area contributed by atoms with E-state index in [0.717, 1.165) is 10.5 Å². The van der Waals surface area contributed by atoms with Crippen LogP contribution in [0.5, 0.6) is 5.75 Å². The number of carbonyl (C=O) groups is 2. The van der Waals surface area contributed by atoms with Gasteiger partial charge in [-0.05, 0) is 61.9 Å². The molecule has 2 atom stereocenters. The Morgan fingerprint density at radius 3 is 2.29 bits per heavy atom. The second-order valence-corrected chi connectivity index (χ2v) is 9.85. The Morgan fingerprint density at radius 1 is 1.00 bits per heavy atom. The standard InChI is InChI=1S/C29H25ClFN3O4/c1-18-14-32(19(2)26(16-35)33(18)15-20-7-10-22(31)11-8-20)17-38-27-12-9-21(30)13-25(27)34-28(36)23-5-3-4-6-24(23)29(34)37/h3-13,18-19H,14-15,17H2,1-2H3/t18-,19+/m1/s1. The average molecular weight is 534 g/mol. The maximum atomic E-state index is 13.3. The lowest BCUT2D eigenvalue weighted by Crippen LogP contribution is -2.55. The number of halogens is 2. The number of rotatable bonds is 6. The predicted molar refractivity (Wildman–Crippen MR) is 141 cm³/mol. The molecule has 9 heteroatoms. The van der Waals surface area contributed by atoms with Crippen molar-refractivity contribution in [1.29, 1.82) is 0 Å². The van der Waals surface area contributed by atoms with E-state index >= 15 is 0 Å². The molecule has 0 saturated carbocycles. The Hall–Kier alpha value is -3.97. The normalized spacial score (nSPS) is 19.5. The molecule has 2 aliphatic heterocycles. The van der Waals surface area contributed by atoms with Gasteiger partial charge in [0.2, 0.25) is 0 Å². The van der Waals surface area contributed by atoms with Crippen LogP contribution >= 0.6 is 11.6 Å². The van der Waals surface area contributed by atoms with E-state index in [-0.39, 0.29) is 30.3 Å². The molecule has 3 aromatic carbocycles. The Labute approximate surface area is 224 Å². The van der Waals surface area contributed by atoms with Gasteiger partial charge >= 0.3 is 0 Å².